The molecular formula is C20H15BrN2O3S. The largest absolute Gasteiger partial charge is 0.462 e. The third-order valence-corrected chi connectivity index (χ3v) is 5.48. The Hall–Kier alpha value is -2.69. The molecule has 0 N–H and O–H groups in total. The first-order valence-electron chi connectivity index (χ1n) is 8.12. The van der Waals surface area contributed by atoms with Crippen LogP contribution in [0, 0.1) is 12.3 Å². The molecule has 2 aromatic carbocycles. The number of halogens is 1. The minimum Gasteiger partial charge on any atom is -0.462 e. The Morgan fingerprint density at radius 1 is 1.30 bits per heavy atom. The zero-order valence-corrected chi connectivity index (χ0v) is 16.8. The smallest absolute Gasteiger partial charge is 0.338 e. The molecule has 27 heavy (non-hydrogen) atoms. The lowest BCUT2D eigenvalue weighted by molar-refractivity contribution is 0.0526. The predicted molar refractivity (Wildman–Crippen MR) is 109 cm³/mol. The van der Waals surface area contributed by atoms with E-state index in [1.54, 1.807) is 47.9 Å². The number of hydrogen-bond donors (Lipinski definition) is 0. The topological polar surface area (TPSA) is 60.7 Å². The summed E-state index contributed by atoms with van der Waals surface area (Å²) in [7, 11) is 0. The number of terminal acetylenes is 1. The van der Waals surface area contributed by atoms with Gasteiger partial charge < -0.3 is 9.30 Å². The fourth-order valence-electron chi connectivity index (χ4n) is 2.53. The van der Waals surface area contributed by atoms with Gasteiger partial charge in [0, 0.05) is 4.47 Å². The molecule has 0 aliphatic rings. The molecule has 1 heterocycles. The molecule has 0 aliphatic carbocycles. The van der Waals surface area contributed by atoms with Gasteiger partial charge in [0.1, 0.15) is 0 Å². The number of carbonyl (C=O) groups is 2. The van der Waals surface area contributed by atoms with Crippen LogP contribution in [0.1, 0.15) is 27.6 Å². The summed E-state index contributed by atoms with van der Waals surface area (Å²) >= 11 is 4.67. The van der Waals surface area contributed by atoms with Gasteiger partial charge in [-0.2, -0.15) is 4.99 Å². The molecule has 0 saturated carbocycles. The number of esters is 1. The Morgan fingerprint density at radius 2 is 2.07 bits per heavy atom. The van der Waals surface area contributed by atoms with E-state index >= 15 is 0 Å². The summed E-state index contributed by atoms with van der Waals surface area (Å²) < 4.78 is 8.30. The number of fused-ring (bicyclic) bond motifs is 1. The molecule has 0 fully saturated rings. The number of thiazole rings is 1. The van der Waals surface area contributed by atoms with E-state index in [0.717, 1.165) is 10.2 Å². The van der Waals surface area contributed by atoms with E-state index in [1.807, 2.05) is 6.07 Å². The normalized spacial score (nSPS) is 11.4. The highest BCUT2D eigenvalue weighted by atomic mass is 79.9. The van der Waals surface area contributed by atoms with Crippen LogP contribution >= 0.6 is 27.3 Å². The second-order valence-electron chi connectivity index (χ2n) is 5.47. The predicted octanol–water partition coefficient (Wildman–Crippen LogP) is 4.02. The second-order valence-corrected chi connectivity index (χ2v) is 7.34. The van der Waals surface area contributed by atoms with Crippen molar-refractivity contribution in [1.82, 2.24) is 4.57 Å². The monoisotopic (exact) mass is 442 g/mol. The minimum absolute atomic E-state index is 0.265. The molecule has 3 rings (SSSR count). The number of aromatic nitrogens is 1. The van der Waals surface area contributed by atoms with Gasteiger partial charge in [0.15, 0.2) is 4.80 Å². The maximum atomic E-state index is 12.6. The molecule has 3 aromatic rings. The Morgan fingerprint density at radius 3 is 2.78 bits per heavy atom. The molecule has 1 amide bonds. The number of ether oxygens (including phenoxy) is 1. The third-order valence-electron chi connectivity index (χ3n) is 3.74. The van der Waals surface area contributed by atoms with Crippen molar-refractivity contribution in [1.29, 1.82) is 0 Å². The average Bonchev–Trinajstić information content (AvgIpc) is 2.99. The molecule has 7 heteroatoms. The van der Waals surface area contributed by atoms with Crippen LogP contribution in [-0.4, -0.2) is 23.1 Å². The van der Waals surface area contributed by atoms with Crippen LogP contribution in [0.25, 0.3) is 10.2 Å². The van der Waals surface area contributed by atoms with Gasteiger partial charge in [-0.3, -0.25) is 4.79 Å². The van der Waals surface area contributed by atoms with E-state index in [1.165, 1.54) is 11.3 Å². The van der Waals surface area contributed by atoms with Crippen LogP contribution in [0.2, 0.25) is 0 Å². The number of rotatable bonds is 4. The molecule has 0 unspecified atom stereocenters. The molecule has 0 atom stereocenters. The van der Waals surface area contributed by atoms with E-state index in [4.69, 9.17) is 11.2 Å². The summed E-state index contributed by atoms with van der Waals surface area (Å²) in [6.07, 6.45) is 5.49. The maximum Gasteiger partial charge on any atom is 0.338 e. The van der Waals surface area contributed by atoms with Crippen LogP contribution in [-0.2, 0) is 11.3 Å². The van der Waals surface area contributed by atoms with Crippen molar-refractivity contribution in [2.45, 2.75) is 13.5 Å². The van der Waals surface area contributed by atoms with Gasteiger partial charge in [0.05, 0.1) is 34.5 Å². The average molecular weight is 443 g/mol. The molecule has 0 spiro atoms. The highest BCUT2D eigenvalue weighted by Crippen LogP contribution is 2.21. The lowest BCUT2D eigenvalue weighted by Gasteiger charge is -2.03. The van der Waals surface area contributed by atoms with Crippen LogP contribution in [0.4, 0.5) is 0 Å². The molecule has 5 nitrogen and oxygen atoms in total. The zero-order valence-electron chi connectivity index (χ0n) is 14.4. The second kappa shape index (κ2) is 8.33. The first-order valence-corrected chi connectivity index (χ1v) is 9.73. The summed E-state index contributed by atoms with van der Waals surface area (Å²) in [4.78, 5) is 29.3. The SMILES string of the molecule is C#CCn1c(=NC(=O)c2ccccc2Br)sc2cc(C(=O)OCC)ccc21. The Bertz CT molecular complexity index is 1140. The third kappa shape index (κ3) is 4.02. The fourth-order valence-corrected chi connectivity index (χ4v) is 4.05. The summed E-state index contributed by atoms with van der Waals surface area (Å²) in [6, 6.07) is 12.3. The van der Waals surface area contributed by atoms with Crippen LogP contribution in [0.15, 0.2) is 51.9 Å². The Labute approximate surface area is 168 Å². The molecule has 1 aromatic heterocycles. The van der Waals surface area contributed by atoms with Crippen molar-refractivity contribution in [2.24, 2.45) is 4.99 Å². The van der Waals surface area contributed by atoms with Crippen molar-refractivity contribution < 1.29 is 14.3 Å². The van der Waals surface area contributed by atoms with Crippen molar-refractivity contribution in [3.05, 3.63) is 62.9 Å². The van der Waals surface area contributed by atoms with Crippen molar-refractivity contribution in [3.63, 3.8) is 0 Å². The highest BCUT2D eigenvalue weighted by molar-refractivity contribution is 9.10. The first kappa shape index (κ1) is 19.1. The van der Waals surface area contributed by atoms with E-state index in [9.17, 15) is 9.59 Å². The van der Waals surface area contributed by atoms with E-state index in [0.29, 0.717) is 27.0 Å². The van der Waals surface area contributed by atoms with Gasteiger partial charge in [-0.15, -0.1) is 6.42 Å². The van der Waals surface area contributed by atoms with Crippen molar-refractivity contribution >= 4 is 49.4 Å². The Kier molecular flexibility index (Phi) is 5.89. The summed E-state index contributed by atoms with van der Waals surface area (Å²) in [5, 5.41) is 0. The van der Waals surface area contributed by atoms with E-state index in [-0.39, 0.29) is 18.4 Å². The van der Waals surface area contributed by atoms with Gasteiger partial charge in [-0.1, -0.05) is 29.4 Å². The molecular weight excluding hydrogens is 428 g/mol. The van der Waals surface area contributed by atoms with Gasteiger partial charge >= 0.3 is 5.97 Å². The van der Waals surface area contributed by atoms with Gasteiger partial charge in [-0.05, 0) is 53.2 Å². The van der Waals surface area contributed by atoms with Crippen LogP contribution < -0.4 is 4.80 Å². The van der Waals surface area contributed by atoms with E-state index in [2.05, 4.69) is 26.8 Å². The number of benzene rings is 2. The first-order chi connectivity index (χ1) is 13.0. The number of amides is 1. The lowest BCUT2D eigenvalue weighted by atomic mass is 10.2. The Balaban J connectivity index is 2.13. The maximum absolute atomic E-state index is 12.6. The summed E-state index contributed by atoms with van der Waals surface area (Å²) in [6.45, 7) is 2.33. The number of carbonyl (C=O) groups excluding carboxylic acids is 2. The number of nitrogens with zero attached hydrogens (tertiary/aromatic N) is 2. The number of hydrogen-bond acceptors (Lipinski definition) is 4. The molecule has 0 saturated heterocycles. The molecule has 0 aliphatic heterocycles. The standard InChI is InChI=1S/C20H15BrN2O3S/c1-3-11-23-16-10-9-13(19(25)26-4-2)12-17(16)27-20(23)22-18(24)14-7-5-6-8-15(14)21/h1,5-10,12H,4,11H2,2H3. The highest BCUT2D eigenvalue weighted by Gasteiger charge is 2.13. The van der Waals surface area contributed by atoms with Gasteiger partial charge in [0.2, 0.25) is 0 Å². The van der Waals surface area contributed by atoms with Crippen molar-refractivity contribution in [3.8, 4) is 12.3 Å². The minimum atomic E-state index is -0.390. The lowest BCUT2D eigenvalue weighted by Crippen LogP contribution is -2.16. The zero-order chi connectivity index (χ0) is 19.4. The van der Waals surface area contributed by atoms with Crippen LogP contribution in [0.5, 0.6) is 0 Å². The summed E-state index contributed by atoms with van der Waals surface area (Å²) in [5.74, 6) is 1.82. The quantitative estimate of drug-likeness (QED) is 0.452. The van der Waals surface area contributed by atoms with Gasteiger partial charge in [-0.25, -0.2) is 4.79 Å². The van der Waals surface area contributed by atoms with Crippen LogP contribution in [0.3, 0.4) is 0 Å². The molecule has 0 radical (unpaired) electrons. The molecule has 136 valence electrons. The fraction of sp³-hybridized carbons (Fsp3) is 0.150. The van der Waals surface area contributed by atoms with E-state index < -0.39 is 0 Å². The molecule has 0 bridgehead atoms. The van der Waals surface area contributed by atoms with Gasteiger partial charge in [0.25, 0.3) is 5.91 Å². The van der Waals surface area contributed by atoms with Crippen molar-refractivity contribution in [2.75, 3.05) is 6.61 Å². The summed E-state index contributed by atoms with van der Waals surface area (Å²) in [5.41, 5.74) is 1.72.